The lowest BCUT2D eigenvalue weighted by Gasteiger charge is -2.26. The van der Waals surface area contributed by atoms with Crippen molar-refractivity contribution in [3.05, 3.63) is 30.1 Å². The molecule has 1 rings (SSSR count). The van der Waals surface area contributed by atoms with Gasteiger partial charge in [0.1, 0.15) is 0 Å². The predicted molar refractivity (Wildman–Crippen MR) is 77.6 cm³/mol. The van der Waals surface area contributed by atoms with Crippen LogP contribution < -0.4 is 0 Å². The van der Waals surface area contributed by atoms with Gasteiger partial charge < -0.3 is 4.90 Å². The molecule has 18 heavy (non-hydrogen) atoms. The highest BCUT2D eigenvalue weighted by molar-refractivity contribution is 8.01. The Morgan fingerprint density at radius 1 is 1.50 bits per heavy atom. The lowest BCUT2D eigenvalue weighted by Crippen LogP contribution is -2.32. The summed E-state index contributed by atoms with van der Waals surface area (Å²) in [7, 11) is 1.85. The smallest absolute Gasteiger partial charge is 0.232 e. The number of amides is 1. The fourth-order valence-electron chi connectivity index (χ4n) is 1.44. The van der Waals surface area contributed by atoms with Crippen LogP contribution in [0.25, 0.3) is 0 Å². The molecular formula is C14H22N2OS. The first-order chi connectivity index (χ1) is 8.31. The monoisotopic (exact) mass is 266 g/mol. The maximum Gasteiger partial charge on any atom is 0.232 e. The van der Waals surface area contributed by atoms with E-state index in [1.165, 1.54) is 0 Å². The van der Waals surface area contributed by atoms with E-state index in [0.29, 0.717) is 5.75 Å². The molecule has 0 aliphatic carbocycles. The summed E-state index contributed by atoms with van der Waals surface area (Å²) in [6.07, 6.45) is 3.55. The lowest BCUT2D eigenvalue weighted by atomic mass is 10.1. The van der Waals surface area contributed by atoms with Crippen molar-refractivity contribution in [2.24, 2.45) is 0 Å². The first-order valence-electron chi connectivity index (χ1n) is 6.11. The highest BCUT2D eigenvalue weighted by Crippen LogP contribution is 2.25. The highest BCUT2D eigenvalue weighted by Gasteiger charge is 2.20. The van der Waals surface area contributed by atoms with E-state index in [1.807, 2.05) is 32.3 Å². The Balaban J connectivity index is 2.59. The van der Waals surface area contributed by atoms with Gasteiger partial charge in [-0.15, -0.1) is 11.8 Å². The van der Waals surface area contributed by atoms with Crippen molar-refractivity contribution in [1.82, 2.24) is 9.88 Å². The molecule has 0 saturated heterocycles. The van der Waals surface area contributed by atoms with Gasteiger partial charge >= 0.3 is 0 Å². The molecule has 1 aromatic rings. The Labute approximate surface area is 114 Å². The number of rotatable bonds is 4. The van der Waals surface area contributed by atoms with Crippen LogP contribution in [0.5, 0.6) is 0 Å². The van der Waals surface area contributed by atoms with Gasteiger partial charge in [-0.25, -0.2) is 0 Å². The van der Waals surface area contributed by atoms with E-state index >= 15 is 0 Å². The topological polar surface area (TPSA) is 33.2 Å². The Morgan fingerprint density at radius 2 is 2.17 bits per heavy atom. The second kappa shape index (κ2) is 6.23. The summed E-state index contributed by atoms with van der Waals surface area (Å²) in [4.78, 5) is 18.0. The fraction of sp³-hybridized carbons (Fsp3) is 0.571. The molecule has 0 fully saturated rings. The van der Waals surface area contributed by atoms with Gasteiger partial charge in [0.2, 0.25) is 5.91 Å². The fourth-order valence-corrected chi connectivity index (χ4v) is 2.20. The highest BCUT2D eigenvalue weighted by atomic mass is 32.2. The predicted octanol–water partition coefficient (Wildman–Crippen LogP) is 3.13. The maximum absolute atomic E-state index is 12.1. The maximum atomic E-state index is 12.1. The molecule has 0 spiro atoms. The minimum atomic E-state index is 0.0618. The number of thioether (sulfide) groups is 1. The zero-order valence-corrected chi connectivity index (χ0v) is 12.6. The quantitative estimate of drug-likeness (QED) is 0.839. The van der Waals surface area contributed by atoms with Crippen LogP contribution in [0.2, 0.25) is 0 Å². The molecule has 1 unspecified atom stereocenters. The third-order valence-corrected chi connectivity index (χ3v) is 4.03. The van der Waals surface area contributed by atoms with Gasteiger partial charge in [-0.2, -0.15) is 0 Å². The normalized spacial score (nSPS) is 13.2. The zero-order valence-electron chi connectivity index (χ0n) is 11.8. The zero-order chi connectivity index (χ0) is 13.8. The van der Waals surface area contributed by atoms with Crippen molar-refractivity contribution in [3.63, 3.8) is 0 Å². The molecule has 0 saturated carbocycles. The molecule has 1 atom stereocenters. The summed E-state index contributed by atoms with van der Waals surface area (Å²) >= 11 is 1.68. The van der Waals surface area contributed by atoms with Crippen LogP contribution in [0.4, 0.5) is 0 Å². The number of pyridine rings is 1. The number of carbonyl (C=O) groups excluding carboxylic acids is 1. The van der Waals surface area contributed by atoms with Crippen molar-refractivity contribution < 1.29 is 4.79 Å². The van der Waals surface area contributed by atoms with Gasteiger partial charge in [0, 0.05) is 24.2 Å². The van der Waals surface area contributed by atoms with Gasteiger partial charge in [-0.1, -0.05) is 26.8 Å². The summed E-state index contributed by atoms with van der Waals surface area (Å²) in [5, 5.41) is 0. The third kappa shape index (κ3) is 4.69. The van der Waals surface area contributed by atoms with Crippen molar-refractivity contribution in [2.75, 3.05) is 12.8 Å². The average molecular weight is 266 g/mol. The van der Waals surface area contributed by atoms with Crippen LogP contribution in [0.1, 0.15) is 39.3 Å². The van der Waals surface area contributed by atoms with Crippen LogP contribution in [0, 0.1) is 0 Å². The molecule has 3 nitrogen and oxygen atoms in total. The van der Waals surface area contributed by atoms with Crippen LogP contribution in [0.15, 0.2) is 24.5 Å². The second-order valence-corrected chi connectivity index (χ2v) is 7.17. The molecule has 0 N–H and O–H groups in total. The molecule has 0 aliphatic heterocycles. The van der Waals surface area contributed by atoms with E-state index in [1.54, 1.807) is 22.9 Å². The molecule has 100 valence electrons. The van der Waals surface area contributed by atoms with E-state index in [-0.39, 0.29) is 16.7 Å². The molecule has 1 aromatic heterocycles. The largest absolute Gasteiger partial charge is 0.338 e. The van der Waals surface area contributed by atoms with Crippen LogP contribution in [-0.2, 0) is 4.79 Å². The van der Waals surface area contributed by atoms with Gasteiger partial charge in [0.15, 0.2) is 0 Å². The first-order valence-corrected chi connectivity index (χ1v) is 7.09. The van der Waals surface area contributed by atoms with Crippen LogP contribution >= 0.6 is 11.8 Å². The number of carbonyl (C=O) groups is 1. The van der Waals surface area contributed by atoms with E-state index in [9.17, 15) is 4.79 Å². The third-order valence-electron chi connectivity index (χ3n) is 2.77. The molecule has 4 heteroatoms. The Kier molecular flexibility index (Phi) is 5.20. The first kappa shape index (κ1) is 15.0. The van der Waals surface area contributed by atoms with E-state index in [2.05, 4.69) is 25.8 Å². The summed E-state index contributed by atoms with van der Waals surface area (Å²) in [5.41, 5.74) is 1.06. The van der Waals surface area contributed by atoms with Gasteiger partial charge in [0.05, 0.1) is 11.8 Å². The Morgan fingerprint density at radius 3 is 2.67 bits per heavy atom. The summed E-state index contributed by atoms with van der Waals surface area (Å²) < 4.78 is 0.119. The van der Waals surface area contributed by atoms with Crippen molar-refractivity contribution >= 4 is 17.7 Å². The second-order valence-electron chi connectivity index (χ2n) is 5.37. The molecule has 0 bridgehead atoms. The average Bonchev–Trinajstić information content (AvgIpc) is 2.34. The molecule has 0 radical (unpaired) electrons. The minimum absolute atomic E-state index is 0.0618. The summed E-state index contributed by atoms with van der Waals surface area (Å²) in [6, 6.07) is 3.96. The summed E-state index contributed by atoms with van der Waals surface area (Å²) in [6.45, 7) is 8.39. The SMILES string of the molecule is CC(c1cccnc1)N(C)C(=O)CSC(C)(C)C. The van der Waals surface area contributed by atoms with Crippen molar-refractivity contribution in [2.45, 2.75) is 38.5 Å². The number of hydrogen-bond acceptors (Lipinski definition) is 3. The lowest BCUT2D eigenvalue weighted by molar-refractivity contribution is -0.128. The molecule has 0 aromatic carbocycles. The van der Waals surface area contributed by atoms with E-state index in [0.717, 1.165) is 5.56 Å². The molecule has 1 heterocycles. The Bertz CT molecular complexity index is 387. The number of aromatic nitrogens is 1. The van der Waals surface area contributed by atoms with Gasteiger partial charge in [-0.05, 0) is 18.6 Å². The molecule has 0 aliphatic rings. The van der Waals surface area contributed by atoms with Crippen molar-refractivity contribution in [1.29, 1.82) is 0 Å². The minimum Gasteiger partial charge on any atom is -0.338 e. The van der Waals surface area contributed by atoms with Gasteiger partial charge in [0.25, 0.3) is 0 Å². The standard InChI is InChI=1S/C14H22N2OS/c1-11(12-7-6-8-15-9-12)16(5)13(17)10-18-14(2,3)4/h6-9,11H,10H2,1-5H3. The Hall–Kier alpha value is -1.03. The van der Waals surface area contributed by atoms with E-state index < -0.39 is 0 Å². The number of hydrogen-bond donors (Lipinski definition) is 0. The van der Waals surface area contributed by atoms with Crippen LogP contribution in [0.3, 0.4) is 0 Å². The van der Waals surface area contributed by atoms with Gasteiger partial charge in [-0.3, -0.25) is 9.78 Å². The summed E-state index contributed by atoms with van der Waals surface area (Å²) in [5.74, 6) is 0.677. The van der Waals surface area contributed by atoms with Crippen molar-refractivity contribution in [3.8, 4) is 0 Å². The van der Waals surface area contributed by atoms with Crippen LogP contribution in [-0.4, -0.2) is 33.3 Å². The number of nitrogens with zero attached hydrogens (tertiary/aromatic N) is 2. The molecular weight excluding hydrogens is 244 g/mol. The molecule has 1 amide bonds. The van der Waals surface area contributed by atoms with E-state index in [4.69, 9.17) is 0 Å².